The van der Waals surface area contributed by atoms with E-state index in [4.69, 9.17) is 4.42 Å². The van der Waals surface area contributed by atoms with Gasteiger partial charge in [-0.1, -0.05) is 23.8 Å². The van der Waals surface area contributed by atoms with Crippen LogP contribution < -0.4 is 4.90 Å². The van der Waals surface area contributed by atoms with Crippen LogP contribution in [0, 0.1) is 6.92 Å². The SMILES string of the molecule is Cc1ccc2oc(-c3ccccc3N(C(=O)O)C(C)(C)C)c(Br)c2c1. The predicted octanol–water partition coefficient (Wildman–Crippen LogP) is 6.45. The summed E-state index contributed by atoms with van der Waals surface area (Å²) in [5.41, 5.74) is 2.65. The Morgan fingerprint density at radius 3 is 2.48 bits per heavy atom. The van der Waals surface area contributed by atoms with Crippen LogP contribution in [0.1, 0.15) is 26.3 Å². The van der Waals surface area contributed by atoms with Gasteiger partial charge in [-0.25, -0.2) is 4.79 Å². The van der Waals surface area contributed by atoms with E-state index in [1.807, 2.05) is 64.1 Å². The first-order chi connectivity index (χ1) is 11.7. The predicted molar refractivity (Wildman–Crippen MR) is 104 cm³/mol. The van der Waals surface area contributed by atoms with Crippen LogP contribution in [0.4, 0.5) is 10.5 Å². The molecule has 0 saturated carbocycles. The van der Waals surface area contributed by atoms with Crippen molar-refractivity contribution in [3.63, 3.8) is 0 Å². The minimum atomic E-state index is -0.997. The number of para-hydroxylation sites is 1. The lowest BCUT2D eigenvalue weighted by atomic mass is 10.0. The van der Waals surface area contributed by atoms with E-state index in [0.717, 1.165) is 26.6 Å². The van der Waals surface area contributed by atoms with Gasteiger partial charge in [-0.15, -0.1) is 0 Å². The average Bonchev–Trinajstić information content (AvgIpc) is 2.83. The van der Waals surface area contributed by atoms with Crippen LogP contribution in [0.2, 0.25) is 0 Å². The summed E-state index contributed by atoms with van der Waals surface area (Å²) in [6.07, 6.45) is -0.997. The van der Waals surface area contributed by atoms with E-state index in [1.165, 1.54) is 4.90 Å². The molecule has 5 heteroatoms. The molecule has 3 rings (SSSR count). The van der Waals surface area contributed by atoms with Crippen molar-refractivity contribution in [1.82, 2.24) is 0 Å². The largest absolute Gasteiger partial charge is 0.465 e. The van der Waals surface area contributed by atoms with Gasteiger partial charge in [-0.05, 0) is 67.9 Å². The molecule has 1 amide bonds. The van der Waals surface area contributed by atoms with E-state index < -0.39 is 11.6 Å². The lowest BCUT2D eigenvalue weighted by molar-refractivity contribution is 0.195. The quantitative estimate of drug-likeness (QED) is 0.536. The topological polar surface area (TPSA) is 53.7 Å². The molecule has 0 aliphatic rings. The highest BCUT2D eigenvalue weighted by Crippen LogP contribution is 2.43. The highest BCUT2D eigenvalue weighted by atomic mass is 79.9. The van der Waals surface area contributed by atoms with Gasteiger partial charge in [0, 0.05) is 16.5 Å². The third-order valence-electron chi connectivity index (χ3n) is 4.03. The van der Waals surface area contributed by atoms with E-state index >= 15 is 0 Å². The van der Waals surface area contributed by atoms with Crippen molar-refractivity contribution >= 4 is 38.7 Å². The number of anilines is 1. The Morgan fingerprint density at radius 2 is 1.84 bits per heavy atom. The standard InChI is InChI=1S/C20H20BrNO3/c1-12-9-10-16-14(11-12)17(21)18(25-16)13-7-5-6-8-15(13)22(19(23)24)20(2,3)4/h5-11H,1-4H3,(H,23,24). The van der Waals surface area contributed by atoms with E-state index in [2.05, 4.69) is 15.9 Å². The molecule has 4 nitrogen and oxygen atoms in total. The number of halogens is 1. The zero-order valence-corrected chi connectivity index (χ0v) is 16.2. The number of rotatable bonds is 2. The maximum atomic E-state index is 11.9. The van der Waals surface area contributed by atoms with E-state index in [-0.39, 0.29) is 0 Å². The second-order valence-electron chi connectivity index (χ2n) is 7.05. The lowest BCUT2D eigenvalue weighted by Gasteiger charge is -2.34. The maximum absolute atomic E-state index is 11.9. The number of amides is 1. The van der Waals surface area contributed by atoms with Gasteiger partial charge in [0.1, 0.15) is 5.58 Å². The molecule has 0 bridgehead atoms. The Balaban J connectivity index is 2.26. The maximum Gasteiger partial charge on any atom is 0.412 e. The van der Waals surface area contributed by atoms with Crippen molar-refractivity contribution < 1.29 is 14.3 Å². The van der Waals surface area contributed by atoms with Gasteiger partial charge in [-0.3, -0.25) is 4.90 Å². The van der Waals surface area contributed by atoms with Gasteiger partial charge in [0.2, 0.25) is 0 Å². The summed E-state index contributed by atoms with van der Waals surface area (Å²) in [5.74, 6) is 0.631. The number of furan rings is 1. The number of hydrogen-bond acceptors (Lipinski definition) is 2. The molecule has 0 saturated heterocycles. The molecule has 2 aromatic carbocycles. The molecule has 1 heterocycles. The summed E-state index contributed by atoms with van der Waals surface area (Å²) in [6, 6.07) is 13.4. The smallest absolute Gasteiger partial charge is 0.412 e. The van der Waals surface area contributed by atoms with Crippen molar-refractivity contribution in [3.8, 4) is 11.3 Å². The third-order valence-corrected chi connectivity index (χ3v) is 4.82. The van der Waals surface area contributed by atoms with Gasteiger partial charge < -0.3 is 9.52 Å². The lowest BCUT2D eigenvalue weighted by Crippen LogP contribution is -2.45. The van der Waals surface area contributed by atoms with E-state index in [0.29, 0.717) is 11.4 Å². The fraction of sp³-hybridized carbons (Fsp3) is 0.250. The van der Waals surface area contributed by atoms with Gasteiger partial charge in [0.25, 0.3) is 0 Å². The molecule has 130 valence electrons. The van der Waals surface area contributed by atoms with Crippen LogP contribution in [0.3, 0.4) is 0 Å². The fourth-order valence-electron chi connectivity index (χ4n) is 2.97. The zero-order chi connectivity index (χ0) is 18.4. The van der Waals surface area contributed by atoms with Crippen LogP contribution in [-0.2, 0) is 0 Å². The van der Waals surface area contributed by atoms with Crippen molar-refractivity contribution in [3.05, 3.63) is 52.5 Å². The number of aryl methyl sites for hydroxylation is 1. The van der Waals surface area contributed by atoms with Crippen molar-refractivity contribution in [2.75, 3.05) is 4.90 Å². The third kappa shape index (κ3) is 3.16. The first-order valence-corrected chi connectivity index (χ1v) is 8.80. The summed E-state index contributed by atoms with van der Waals surface area (Å²) in [4.78, 5) is 13.3. The fourth-order valence-corrected chi connectivity index (χ4v) is 3.57. The molecule has 1 aromatic heterocycles. The molecule has 0 fully saturated rings. The van der Waals surface area contributed by atoms with Gasteiger partial charge >= 0.3 is 6.09 Å². The molecule has 25 heavy (non-hydrogen) atoms. The van der Waals surface area contributed by atoms with Crippen LogP contribution in [0.15, 0.2) is 51.4 Å². The molecule has 0 atom stereocenters. The molecule has 1 N–H and O–H groups in total. The molecular formula is C20H20BrNO3. The monoisotopic (exact) mass is 401 g/mol. The second-order valence-corrected chi connectivity index (χ2v) is 7.84. The van der Waals surface area contributed by atoms with Crippen LogP contribution >= 0.6 is 15.9 Å². The minimum Gasteiger partial charge on any atom is -0.465 e. The van der Waals surface area contributed by atoms with E-state index in [1.54, 1.807) is 6.07 Å². The first-order valence-electron chi connectivity index (χ1n) is 8.01. The molecular weight excluding hydrogens is 382 g/mol. The highest BCUT2D eigenvalue weighted by molar-refractivity contribution is 9.10. The number of nitrogens with zero attached hydrogens (tertiary/aromatic N) is 1. The number of benzene rings is 2. The van der Waals surface area contributed by atoms with Crippen molar-refractivity contribution in [2.24, 2.45) is 0 Å². The Hall–Kier alpha value is -2.27. The van der Waals surface area contributed by atoms with Crippen molar-refractivity contribution in [1.29, 1.82) is 0 Å². The molecule has 0 radical (unpaired) electrons. The summed E-state index contributed by atoms with van der Waals surface area (Å²) >= 11 is 3.63. The summed E-state index contributed by atoms with van der Waals surface area (Å²) < 4.78 is 6.89. The number of carbonyl (C=O) groups is 1. The number of carboxylic acid groups (broad SMARTS) is 1. The average molecular weight is 402 g/mol. The Labute approximate surface area is 155 Å². The van der Waals surface area contributed by atoms with Gasteiger partial charge in [0.05, 0.1) is 10.2 Å². The second kappa shape index (κ2) is 6.23. The van der Waals surface area contributed by atoms with Crippen LogP contribution in [0.5, 0.6) is 0 Å². The Kier molecular flexibility index (Phi) is 4.37. The van der Waals surface area contributed by atoms with Crippen LogP contribution in [-0.4, -0.2) is 16.7 Å². The van der Waals surface area contributed by atoms with Gasteiger partial charge in [0.15, 0.2) is 5.76 Å². The molecule has 0 aliphatic carbocycles. The molecule has 0 aliphatic heterocycles. The Bertz CT molecular complexity index is 953. The van der Waals surface area contributed by atoms with Crippen LogP contribution in [0.25, 0.3) is 22.3 Å². The normalized spacial score (nSPS) is 11.7. The molecule has 0 unspecified atom stereocenters. The molecule has 3 aromatic rings. The molecule has 0 spiro atoms. The summed E-state index contributed by atoms with van der Waals surface area (Å²) in [5, 5.41) is 10.7. The highest BCUT2D eigenvalue weighted by Gasteiger charge is 2.31. The van der Waals surface area contributed by atoms with Gasteiger partial charge in [-0.2, -0.15) is 0 Å². The summed E-state index contributed by atoms with van der Waals surface area (Å²) in [6.45, 7) is 7.64. The van der Waals surface area contributed by atoms with Crippen molar-refractivity contribution in [2.45, 2.75) is 33.2 Å². The first kappa shape index (κ1) is 17.5. The summed E-state index contributed by atoms with van der Waals surface area (Å²) in [7, 11) is 0. The minimum absolute atomic E-state index is 0.586. The Morgan fingerprint density at radius 1 is 1.16 bits per heavy atom. The van der Waals surface area contributed by atoms with E-state index in [9.17, 15) is 9.90 Å². The zero-order valence-electron chi connectivity index (χ0n) is 14.6. The number of fused-ring (bicyclic) bond motifs is 1. The number of hydrogen-bond donors (Lipinski definition) is 1.